The van der Waals surface area contributed by atoms with E-state index in [1.807, 2.05) is 0 Å². The number of hydrogen-bond donors (Lipinski definition) is 1. The van der Waals surface area contributed by atoms with Crippen molar-refractivity contribution < 1.29 is 22.7 Å². The molecule has 2 saturated heterocycles. The van der Waals surface area contributed by atoms with E-state index >= 15 is 0 Å². The van der Waals surface area contributed by atoms with Gasteiger partial charge in [-0.05, 0) is 25.7 Å². The monoisotopic (exact) mass is 320 g/mol. The fourth-order valence-electron chi connectivity index (χ4n) is 2.63. The first-order valence-electron chi connectivity index (χ1n) is 7.26. The summed E-state index contributed by atoms with van der Waals surface area (Å²) in [5.41, 5.74) is -1.12. The standard InChI is InChI=1S/C13H24N2O5S/c1-13(10-15(5-8-20-13)21(2,17)18)12(16)14-9-11-3-6-19-7-4-11/h11H,3-10H2,1-2H3,(H,14,16). The minimum Gasteiger partial charge on any atom is -0.381 e. The largest absolute Gasteiger partial charge is 0.381 e. The second kappa shape index (κ2) is 6.60. The molecule has 7 nitrogen and oxygen atoms in total. The zero-order valence-electron chi connectivity index (χ0n) is 12.6. The van der Waals surface area contributed by atoms with Gasteiger partial charge in [-0.2, -0.15) is 4.31 Å². The van der Waals surface area contributed by atoms with Crippen LogP contribution in [0.1, 0.15) is 19.8 Å². The lowest BCUT2D eigenvalue weighted by atomic mass is 9.99. The smallest absolute Gasteiger partial charge is 0.253 e. The molecule has 2 heterocycles. The highest BCUT2D eigenvalue weighted by Crippen LogP contribution is 2.20. The normalized spacial score (nSPS) is 29.2. The highest BCUT2D eigenvalue weighted by molar-refractivity contribution is 7.88. The number of morpholine rings is 1. The molecule has 0 radical (unpaired) electrons. The van der Waals surface area contributed by atoms with E-state index in [2.05, 4.69) is 5.32 Å². The summed E-state index contributed by atoms with van der Waals surface area (Å²) in [7, 11) is -3.31. The molecule has 2 fully saturated rings. The van der Waals surface area contributed by atoms with Crippen LogP contribution in [0, 0.1) is 5.92 Å². The number of carbonyl (C=O) groups excluding carboxylic acids is 1. The molecule has 8 heteroatoms. The lowest BCUT2D eigenvalue weighted by Crippen LogP contribution is -2.59. The molecule has 1 unspecified atom stereocenters. The van der Waals surface area contributed by atoms with Crippen LogP contribution in [-0.2, 0) is 24.3 Å². The Bertz CT molecular complexity index is 475. The van der Waals surface area contributed by atoms with Crippen molar-refractivity contribution >= 4 is 15.9 Å². The number of carbonyl (C=O) groups is 1. The van der Waals surface area contributed by atoms with Gasteiger partial charge in [0.15, 0.2) is 5.60 Å². The quantitative estimate of drug-likeness (QED) is 0.760. The van der Waals surface area contributed by atoms with Gasteiger partial charge in [-0.25, -0.2) is 8.42 Å². The van der Waals surface area contributed by atoms with Gasteiger partial charge in [0.25, 0.3) is 5.91 Å². The van der Waals surface area contributed by atoms with Gasteiger partial charge < -0.3 is 14.8 Å². The molecule has 0 aliphatic carbocycles. The first kappa shape index (κ1) is 16.7. The third-order valence-corrected chi connectivity index (χ3v) is 5.33. The van der Waals surface area contributed by atoms with E-state index in [0.29, 0.717) is 19.0 Å². The van der Waals surface area contributed by atoms with Crippen LogP contribution in [0.3, 0.4) is 0 Å². The Kier molecular flexibility index (Phi) is 5.24. The average Bonchev–Trinajstić information content (AvgIpc) is 2.45. The molecule has 0 spiro atoms. The Morgan fingerprint density at radius 2 is 2.00 bits per heavy atom. The van der Waals surface area contributed by atoms with Crippen LogP contribution in [-0.4, -0.2) is 69.9 Å². The molecule has 0 aromatic heterocycles. The molecule has 2 aliphatic rings. The highest BCUT2D eigenvalue weighted by Gasteiger charge is 2.41. The summed E-state index contributed by atoms with van der Waals surface area (Å²) >= 11 is 0. The van der Waals surface area contributed by atoms with Gasteiger partial charge in [0, 0.05) is 26.3 Å². The third-order valence-electron chi connectivity index (χ3n) is 4.08. The number of rotatable bonds is 4. The van der Waals surface area contributed by atoms with Crippen molar-refractivity contribution in [2.24, 2.45) is 5.92 Å². The molecular formula is C13H24N2O5S. The van der Waals surface area contributed by atoms with E-state index in [1.54, 1.807) is 6.92 Å². The van der Waals surface area contributed by atoms with Crippen LogP contribution in [0.4, 0.5) is 0 Å². The maximum absolute atomic E-state index is 12.3. The van der Waals surface area contributed by atoms with Crippen LogP contribution in [0.25, 0.3) is 0 Å². The molecule has 2 rings (SSSR count). The number of sulfonamides is 1. The van der Waals surface area contributed by atoms with Crippen molar-refractivity contribution in [3.05, 3.63) is 0 Å². The van der Waals surface area contributed by atoms with E-state index in [1.165, 1.54) is 4.31 Å². The third kappa shape index (κ3) is 4.38. The molecular weight excluding hydrogens is 296 g/mol. The predicted octanol–water partition coefficient (Wildman–Crippen LogP) is -0.420. The van der Waals surface area contributed by atoms with Crippen molar-refractivity contribution in [2.45, 2.75) is 25.4 Å². The maximum Gasteiger partial charge on any atom is 0.253 e. The van der Waals surface area contributed by atoms with Crippen molar-refractivity contribution in [1.29, 1.82) is 0 Å². The summed E-state index contributed by atoms with van der Waals surface area (Å²) in [5, 5.41) is 2.89. The van der Waals surface area contributed by atoms with Gasteiger partial charge in [-0.3, -0.25) is 4.79 Å². The molecule has 0 aromatic rings. The van der Waals surface area contributed by atoms with Crippen LogP contribution in [0.15, 0.2) is 0 Å². The number of nitrogens with one attached hydrogen (secondary N) is 1. The lowest BCUT2D eigenvalue weighted by molar-refractivity contribution is -0.152. The van der Waals surface area contributed by atoms with E-state index < -0.39 is 15.6 Å². The van der Waals surface area contributed by atoms with Gasteiger partial charge in [0.1, 0.15) is 0 Å². The van der Waals surface area contributed by atoms with E-state index in [-0.39, 0.29) is 19.1 Å². The molecule has 1 amide bonds. The second-order valence-corrected chi connectivity index (χ2v) is 7.92. The molecule has 0 bridgehead atoms. The minimum atomic E-state index is -3.31. The Balaban J connectivity index is 1.90. The second-order valence-electron chi connectivity index (χ2n) is 5.94. The SMILES string of the molecule is CC1(C(=O)NCC2CCOCC2)CN(S(C)(=O)=O)CCO1. The van der Waals surface area contributed by atoms with Crippen LogP contribution in [0.5, 0.6) is 0 Å². The van der Waals surface area contributed by atoms with Gasteiger partial charge in [-0.15, -0.1) is 0 Å². The van der Waals surface area contributed by atoms with Gasteiger partial charge in [0.05, 0.1) is 19.4 Å². The summed E-state index contributed by atoms with van der Waals surface area (Å²) in [4.78, 5) is 12.3. The number of hydrogen-bond acceptors (Lipinski definition) is 5. The number of amides is 1. The molecule has 1 atom stereocenters. The summed E-state index contributed by atoms with van der Waals surface area (Å²) in [6.07, 6.45) is 3.03. The predicted molar refractivity (Wildman–Crippen MR) is 77.3 cm³/mol. The summed E-state index contributed by atoms with van der Waals surface area (Å²) in [6.45, 7) is 4.28. The molecule has 2 aliphatic heterocycles. The van der Waals surface area contributed by atoms with Crippen LogP contribution >= 0.6 is 0 Å². The van der Waals surface area contributed by atoms with E-state index in [9.17, 15) is 13.2 Å². The fourth-order valence-corrected chi connectivity index (χ4v) is 3.52. The molecule has 0 aromatic carbocycles. The summed E-state index contributed by atoms with van der Waals surface area (Å²) < 4.78 is 35.4. The highest BCUT2D eigenvalue weighted by atomic mass is 32.2. The molecule has 21 heavy (non-hydrogen) atoms. The Morgan fingerprint density at radius 3 is 2.62 bits per heavy atom. The van der Waals surface area contributed by atoms with Crippen molar-refractivity contribution in [2.75, 3.05) is 45.7 Å². The summed E-state index contributed by atoms with van der Waals surface area (Å²) in [5.74, 6) is 0.170. The van der Waals surface area contributed by atoms with Crippen LogP contribution in [0.2, 0.25) is 0 Å². The molecule has 0 saturated carbocycles. The van der Waals surface area contributed by atoms with Crippen molar-refractivity contribution in [3.63, 3.8) is 0 Å². The molecule has 122 valence electrons. The first-order valence-corrected chi connectivity index (χ1v) is 9.11. The Hall–Kier alpha value is -0.700. The number of nitrogens with zero attached hydrogens (tertiary/aromatic N) is 1. The minimum absolute atomic E-state index is 0.0610. The lowest BCUT2D eigenvalue weighted by Gasteiger charge is -2.38. The van der Waals surface area contributed by atoms with Crippen molar-refractivity contribution in [3.8, 4) is 0 Å². The van der Waals surface area contributed by atoms with E-state index in [4.69, 9.17) is 9.47 Å². The van der Waals surface area contributed by atoms with Crippen LogP contribution < -0.4 is 5.32 Å². The zero-order valence-corrected chi connectivity index (χ0v) is 13.4. The Morgan fingerprint density at radius 1 is 1.33 bits per heavy atom. The maximum atomic E-state index is 12.3. The fraction of sp³-hybridized carbons (Fsp3) is 0.923. The topological polar surface area (TPSA) is 84.9 Å². The van der Waals surface area contributed by atoms with Gasteiger partial charge in [0.2, 0.25) is 10.0 Å². The molecule has 1 N–H and O–H groups in total. The average molecular weight is 320 g/mol. The van der Waals surface area contributed by atoms with Gasteiger partial charge in [-0.1, -0.05) is 0 Å². The van der Waals surface area contributed by atoms with Crippen molar-refractivity contribution in [1.82, 2.24) is 9.62 Å². The zero-order chi connectivity index (χ0) is 15.5. The van der Waals surface area contributed by atoms with Gasteiger partial charge >= 0.3 is 0 Å². The summed E-state index contributed by atoms with van der Waals surface area (Å²) in [6, 6.07) is 0. The first-order chi connectivity index (χ1) is 9.81. The Labute approximate surface area is 126 Å². The van der Waals surface area contributed by atoms with E-state index in [0.717, 1.165) is 32.3 Å². The number of ether oxygens (including phenoxy) is 2.